The molecule has 1 fully saturated rings. The lowest BCUT2D eigenvalue weighted by Gasteiger charge is -2.39. The number of nitrogens with one attached hydrogen (secondary N) is 2. The molecule has 0 bridgehead atoms. The molecule has 32 heavy (non-hydrogen) atoms. The quantitative estimate of drug-likeness (QED) is 0.431. The van der Waals surface area contributed by atoms with Crippen LogP contribution in [0.5, 0.6) is 5.75 Å². The van der Waals surface area contributed by atoms with Gasteiger partial charge in [0.15, 0.2) is 0 Å². The molecule has 2 heterocycles. The molecule has 170 valence electrons. The van der Waals surface area contributed by atoms with E-state index in [1.807, 2.05) is 36.4 Å². The minimum absolute atomic E-state index is 0.0571. The molecule has 5 nitrogen and oxygen atoms in total. The fourth-order valence-electron chi connectivity index (χ4n) is 4.62. The Kier molecular flexibility index (Phi) is 7.43. The Morgan fingerprint density at radius 2 is 1.91 bits per heavy atom. The Balaban J connectivity index is 1.48. The van der Waals surface area contributed by atoms with Crippen molar-refractivity contribution in [3.8, 4) is 5.75 Å². The first kappa shape index (κ1) is 22.7. The Morgan fingerprint density at radius 1 is 1.16 bits per heavy atom. The molecule has 0 unspecified atom stereocenters. The molecule has 4 rings (SSSR count). The summed E-state index contributed by atoms with van der Waals surface area (Å²) in [7, 11) is 1.65. The van der Waals surface area contributed by atoms with Crippen molar-refractivity contribution in [3.05, 3.63) is 54.2 Å². The molecule has 2 atom stereocenters. The molecule has 1 aliphatic rings. The molecule has 2 N–H and O–H groups in total. The first-order valence-corrected chi connectivity index (χ1v) is 12.3. The molecule has 0 aliphatic carbocycles. The molecule has 0 radical (unpaired) electrons. The van der Waals surface area contributed by atoms with Gasteiger partial charge in [-0.2, -0.15) is 0 Å². The van der Waals surface area contributed by atoms with Crippen LogP contribution >= 0.6 is 11.8 Å². The lowest BCUT2D eigenvalue weighted by Crippen LogP contribution is -2.44. The second kappa shape index (κ2) is 10.5. The summed E-state index contributed by atoms with van der Waals surface area (Å²) >= 11 is 1.61. The number of benzene rings is 2. The predicted octanol–water partition coefficient (Wildman–Crippen LogP) is 5.71. The number of amides is 1. The molecular weight excluding hydrogens is 418 g/mol. The van der Waals surface area contributed by atoms with Crippen LogP contribution in [0, 0.1) is 0 Å². The maximum atomic E-state index is 13.2. The van der Waals surface area contributed by atoms with Crippen LogP contribution in [-0.2, 0) is 0 Å². The van der Waals surface area contributed by atoms with Crippen LogP contribution in [0.2, 0.25) is 0 Å². The van der Waals surface area contributed by atoms with Crippen molar-refractivity contribution in [1.82, 2.24) is 15.2 Å². The van der Waals surface area contributed by atoms with Crippen molar-refractivity contribution in [2.24, 2.45) is 0 Å². The second-order valence-corrected chi connectivity index (χ2v) is 9.72. The number of likely N-dealkylation sites (tertiary alicyclic amines) is 1. The Morgan fingerprint density at radius 3 is 2.62 bits per heavy atom. The van der Waals surface area contributed by atoms with E-state index in [9.17, 15) is 4.79 Å². The van der Waals surface area contributed by atoms with E-state index in [0.29, 0.717) is 24.3 Å². The van der Waals surface area contributed by atoms with Gasteiger partial charge in [0.1, 0.15) is 11.4 Å². The highest BCUT2D eigenvalue weighted by molar-refractivity contribution is 7.99. The van der Waals surface area contributed by atoms with Crippen LogP contribution < -0.4 is 10.1 Å². The summed E-state index contributed by atoms with van der Waals surface area (Å²) in [6.45, 7) is 6.33. The standard InChI is InChI=1S/C26H33N3O2S/c1-18-9-7-10-19(2)29(18)16-8-15-27-26(30)24-25(32-21-11-5-4-6-12-21)22-14-13-20(31-3)17-23(22)28-24/h4-6,11-14,17-19,28H,7-10,15-16H2,1-3H3,(H,27,30)/t18-,19+. The normalized spacial score (nSPS) is 19.2. The number of rotatable bonds is 8. The van der Waals surface area contributed by atoms with Gasteiger partial charge in [-0.25, -0.2) is 0 Å². The largest absolute Gasteiger partial charge is 0.497 e. The van der Waals surface area contributed by atoms with E-state index in [-0.39, 0.29) is 5.91 Å². The number of nitrogens with zero attached hydrogens (tertiary/aromatic N) is 1. The zero-order chi connectivity index (χ0) is 22.5. The highest BCUT2D eigenvalue weighted by atomic mass is 32.2. The zero-order valence-corrected chi connectivity index (χ0v) is 20.0. The number of hydrogen-bond acceptors (Lipinski definition) is 4. The van der Waals surface area contributed by atoms with Crippen LogP contribution in [0.15, 0.2) is 58.3 Å². The number of piperidine rings is 1. The van der Waals surface area contributed by atoms with Gasteiger partial charge >= 0.3 is 0 Å². The highest BCUT2D eigenvalue weighted by Crippen LogP contribution is 2.37. The maximum Gasteiger partial charge on any atom is 0.268 e. The van der Waals surface area contributed by atoms with Gasteiger partial charge in [-0.1, -0.05) is 36.4 Å². The van der Waals surface area contributed by atoms with Gasteiger partial charge in [0.25, 0.3) is 5.91 Å². The van der Waals surface area contributed by atoms with Gasteiger partial charge in [0, 0.05) is 41.5 Å². The zero-order valence-electron chi connectivity index (χ0n) is 19.2. The van der Waals surface area contributed by atoms with E-state index in [2.05, 4.69) is 41.2 Å². The molecule has 1 saturated heterocycles. The highest BCUT2D eigenvalue weighted by Gasteiger charge is 2.24. The molecule has 2 aromatic carbocycles. The molecule has 6 heteroatoms. The van der Waals surface area contributed by atoms with Gasteiger partial charge in [0.05, 0.1) is 17.5 Å². The number of H-pyrrole nitrogens is 1. The Labute approximate surface area is 194 Å². The van der Waals surface area contributed by atoms with E-state index in [0.717, 1.165) is 39.4 Å². The van der Waals surface area contributed by atoms with E-state index in [1.54, 1.807) is 18.9 Å². The minimum Gasteiger partial charge on any atom is -0.497 e. The lowest BCUT2D eigenvalue weighted by molar-refractivity contribution is 0.0919. The number of carbonyl (C=O) groups is 1. The molecule has 1 amide bonds. The molecule has 0 spiro atoms. The van der Waals surface area contributed by atoms with Gasteiger partial charge < -0.3 is 15.0 Å². The fraction of sp³-hybridized carbons (Fsp3) is 0.423. The summed E-state index contributed by atoms with van der Waals surface area (Å²) in [6, 6.07) is 17.3. The van der Waals surface area contributed by atoms with Crippen molar-refractivity contribution >= 4 is 28.6 Å². The number of hydrogen-bond donors (Lipinski definition) is 2. The topological polar surface area (TPSA) is 57.4 Å². The first-order valence-electron chi connectivity index (χ1n) is 11.5. The number of ether oxygens (including phenoxy) is 1. The first-order chi connectivity index (χ1) is 15.6. The Hall–Kier alpha value is -2.44. The number of fused-ring (bicyclic) bond motifs is 1. The SMILES string of the molecule is COc1ccc2c(Sc3ccccc3)c(C(=O)NCCCN3[C@H](C)CCC[C@@H]3C)[nH]c2c1. The van der Waals surface area contributed by atoms with Crippen LogP contribution in [0.3, 0.4) is 0 Å². The Bertz CT molecular complexity index is 1040. The fourth-order valence-corrected chi connectivity index (χ4v) is 5.68. The van der Waals surface area contributed by atoms with Crippen molar-refractivity contribution in [1.29, 1.82) is 0 Å². The van der Waals surface area contributed by atoms with Gasteiger partial charge in [-0.05, 0) is 57.4 Å². The van der Waals surface area contributed by atoms with Crippen LogP contribution in [0.25, 0.3) is 10.9 Å². The van der Waals surface area contributed by atoms with E-state index in [1.165, 1.54) is 19.3 Å². The number of methoxy groups -OCH3 is 1. The molecule has 1 aliphatic heterocycles. The van der Waals surface area contributed by atoms with Crippen molar-refractivity contribution in [2.75, 3.05) is 20.2 Å². The van der Waals surface area contributed by atoms with E-state index in [4.69, 9.17) is 4.74 Å². The molecule has 0 saturated carbocycles. The van der Waals surface area contributed by atoms with E-state index < -0.39 is 0 Å². The van der Waals surface area contributed by atoms with Crippen LogP contribution in [-0.4, -0.2) is 48.1 Å². The number of carbonyl (C=O) groups excluding carboxylic acids is 1. The number of aromatic amines is 1. The summed E-state index contributed by atoms with van der Waals surface area (Å²) in [4.78, 5) is 21.1. The third-order valence-corrected chi connectivity index (χ3v) is 7.54. The average molecular weight is 452 g/mol. The second-order valence-electron chi connectivity index (χ2n) is 8.63. The monoisotopic (exact) mass is 451 g/mol. The summed E-state index contributed by atoms with van der Waals surface area (Å²) in [6.07, 6.45) is 4.82. The van der Waals surface area contributed by atoms with Gasteiger partial charge in [-0.3, -0.25) is 9.69 Å². The van der Waals surface area contributed by atoms with Crippen LogP contribution in [0.4, 0.5) is 0 Å². The summed E-state index contributed by atoms with van der Waals surface area (Å²) in [5.74, 6) is 0.713. The molecular formula is C26H33N3O2S. The third-order valence-electron chi connectivity index (χ3n) is 6.40. The van der Waals surface area contributed by atoms with Gasteiger partial charge in [-0.15, -0.1) is 0 Å². The number of aromatic nitrogens is 1. The smallest absolute Gasteiger partial charge is 0.268 e. The van der Waals surface area contributed by atoms with Crippen molar-refractivity contribution in [3.63, 3.8) is 0 Å². The molecule has 3 aromatic rings. The summed E-state index contributed by atoms with van der Waals surface area (Å²) in [5, 5.41) is 4.17. The third kappa shape index (κ3) is 5.13. The maximum absolute atomic E-state index is 13.2. The predicted molar refractivity (Wildman–Crippen MR) is 132 cm³/mol. The van der Waals surface area contributed by atoms with E-state index >= 15 is 0 Å². The summed E-state index contributed by atoms with van der Waals surface area (Å²) < 4.78 is 5.37. The van der Waals surface area contributed by atoms with Crippen LogP contribution in [0.1, 0.15) is 50.0 Å². The van der Waals surface area contributed by atoms with Crippen molar-refractivity contribution in [2.45, 2.75) is 61.4 Å². The van der Waals surface area contributed by atoms with Gasteiger partial charge in [0.2, 0.25) is 0 Å². The average Bonchev–Trinajstić information content (AvgIpc) is 3.16. The minimum atomic E-state index is -0.0571. The lowest BCUT2D eigenvalue weighted by atomic mass is 9.97. The summed E-state index contributed by atoms with van der Waals surface area (Å²) in [5.41, 5.74) is 1.52. The van der Waals surface area contributed by atoms with Crippen molar-refractivity contribution < 1.29 is 9.53 Å². The molecule has 1 aromatic heterocycles.